The summed E-state index contributed by atoms with van der Waals surface area (Å²) < 4.78 is 4.24. The van der Waals surface area contributed by atoms with Gasteiger partial charge in [-0.05, 0) is 36.2 Å². The fourth-order valence-electron chi connectivity index (χ4n) is 2.13. The van der Waals surface area contributed by atoms with Crippen molar-refractivity contribution in [3.8, 4) is 0 Å². The number of fused-ring (bicyclic) bond motifs is 1. The van der Waals surface area contributed by atoms with Crippen molar-refractivity contribution in [3.05, 3.63) is 16.1 Å². The Balaban J connectivity index is 2.38. The molecule has 1 atom stereocenters. The van der Waals surface area contributed by atoms with E-state index >= 15 is 0 Å². The van der Waals surface area contributed by atoms with Gasteiger partial charge in [0.2, 0.25) is 0 Å². The molecule has 1 heterocycles. The van der Waals surface area contributed by atoms with E-state index < -0.39 is 5.97 Å². The number of rotatable bonds is 2. The minimum atomic E-state index is -0.825. The van der Waals surface area contributed by atoms with E-state index in [2.05, 4.69) is 18.2 Å². The summed E-state index contributed by atoms with van der Waals surface area (Å²) in [5.74, 6) is -0.825. The molecule has 0 spiro atoms. The van der Waals surface area contributed by atoms with Gasteiger partial charge in [0.05, 0.1) is 5.69 Å². The van der Waals surface area contributed by atoms with E-state index in [1.807, 2.05) is 0 Å². The molecule has 1 aliphatic carbocycles. The van der Waals surface area contributed by atoms with Crippen LogP contribution in [0.4, 0.5) is 0 Å². The van der Waals surface area contributed by atoms with Crippen molar-refractivity contribution in [1.82, 2.24) is 4.37 Å². The molecule has 1 unspecified atom stereocenters. The molecule has 0 radical (unpaired) electrons. The van der Waals surface area contributed by atoms with Crippen LogP contribution in [0.25, 0.3) is 0 Å². The first kappa shape index (κ1) is 10.6. The van der Waals surface area contributed by atoms with Gasteiger partial charge in [-0.25, -0.2) is 4.79 Å². The highest BCUT2D eigenvalue weighted by atomic mass is 32.1. The Kier molecular flexibility index (Phi) is 2.54. The van der Waals surface area contributed by atoms with E-state index in [4.69, 9.17) is 5.11 Å². The number of aromatic carboxylic acids is 1. The molecule has 1 N–H and O–H groups in total. The number of carbonyl (C=O) groups is 1. The van der Waals surface area contributed by atoms with Gasteiger partial charge in [-0.1, -0.05) is 20.3 Å². The number of aromatic nitrogens is 1. The molecule has 0 saturated carbocycles. The van der Waals surface area contributed by atoms with E-state index in [0.29, 0.717) is 4.88 Å². The third-order valence-corrected chi connectivity index (χ3v) is 4.40. The summed E-state index contributed by atoms with van der Waals surface area (Å²) in [4.78, 5) is 11.5. The standard InChI is InChI=1S/C11H15NO2S/c1-3-11(2)5-4-8-7(6-11)9(10(13)14)15-12-8/h3-6H2,1-2H3,(H,13,14). The van der Waals surface area contributed by atoms with Gasteiger partial charge in [-0.2, -0.15) is 4.37 Å². The Morgan fingerprint density at radius 1 is 1.67 bits per heavy atom. The minimum Gasteiger partial charge on any atom is -0.477 e. The molecule has 3 nitrogen and oxygen atoms in total. The van der Waals surface area contributed by atoms with Crippen molar-refractivity contribution < 1.29 is 9.90 Å². The molecule has 0 aromatic carbocycles. The van der Waals surface area contributed by atoms with Gasteiger partial charge < -0.3 is 5.11 Å². The van der Waals surface area contributed by atoms with Crippen molar-refractivity contribution >= 4 is 17.5 Å². The van der Waals surface area contributed by atoms with Gasteiger partial charge >= 0.3 is 5.97 Å². The maximum absolute atomic E-state index is 11.0. The lowest BCUT2D eigenvalue weighted by atomic mass is 9.73. The fourth-order valence-corrected chi connectivity index (χ4v) is 2.91. The normalized spacial score (nSPS) is 24.9. The Morgan fingerprint density at radius 2 is 2.40 bits per heavy atom. The quantitative estimate of drug-likeness (QED) is 0.842. The molecule has 82 valence electrons. The lowest BCUT2D eigenvalue weighted by Crippen LogP contribution is -2.25. The molecule has 0 amide bonds. The lowest BCUT2D eigenvalue weighted by molar-refractivity contribution is 0.0700. The summed E-state index contributed by atoms with van der Waals surface area (Å²) in [6.07, 6.45) is 4.03. The summed E-state index contributed by atoms with van der Waals surface area (Å²) in [6.45, 7) is 4.41. The second-order valence-electron chi connectivity index (χ2n) is 4.58. The highest BCUT2D eigenvalue weighted by molar-refractivity contribution is 7.08. The number of nitrogens with zero attached hydrogens (tertiary/aromatic N) is 1. The van der Waals surface area contributed by atoms with Crippen LogP contribution in [0.2, 0.25) is 0 Å². The topological polar surface area (TPSA) is 50.2 Å². The maximum atomic E-state index is 11.0. The third kappa shape index (κ3) is 1.78. The van der Waals surface area contributed by atoms with Crippen LogP contribution in [0.1, 0.15) is 47.6 Å². The van der Waals surface area contributed by atoms with Crippen LogP contribution in [0.5, 0.6) is 0 Å². The van der Waals surface area contributed by atoms with Gasteiger partial charge in [0.25, 0.3) is 0 Å². The zero-order valence-electron chi connectivity index (χ0n) is 9.04. The zero-order valence-corrected chi connectivity index (χ0v) is 9.86. The summed E-state index contributed by atoms with van der Waals surface area (Å²) in [5.41, 5.74) is 2.27. The molecular weight excluding hydrogens is 210 g/mol. The molecule has 0 fully saturated rings. The Bertz CT molecular complexity index is 399. The number of hydrogen-bond donors (Lipinski definition) is 1. The van der Waals surface area contributed by atoms with E-state index in [9.17, 15) is 4.79 Å². The first-order valence-corrected chi connectivity index (χ1v) is 6.04. The van der Waals surface area contributed by atoms with Gasteiger partial charge in [0.1, 0.15) is 4.88 Å². The van der Waals surface area contributed by atoms with Crippen LogP contribution in [-0.2, 0) is 12.8 Å². The molecule has 1 aromatic heterocycles. The first-order chi connectivity index (χ1) is 7.06. The third-order valence-electron chi connectivity index (χ3n) is 3.49. The minimum absolute atomic E-state index is 0.264. The Morgan fingerprint density at radius 3 is 3.00 bits per heavy atom. The Hall–Kier alpha value is -0.900. The van der Waals surface area contributed by atoms with E-state index in [1.165, 1.54) is 0 Å². The van der Waals surface area contributed by atoms with Gasteiger partial charge in [0, 0.05) is 5.56 Å². The number of carboxylic acids is 1. The van der Waals surface area contributed by atoms with Crippen LogP contribution in [0.3, 0.4) is 0 Å². The average molecular weight is 225 g/mol. The predicted molar refractivity (Wildman–Crippen MR) is 59.5 cm³/mol. The Labute approximate surface area is 93.3 Å². The van der Waals surface area contributed by atoms with E-state index in [0.717, 1.165) is 48.5 Å². The molecular formula is C11H15NO2S. The van der Waals surface area contributed by atoms with Crippen molar-refractivity contribution in [2.45, 2.75) is 39.5 Å². The van der Waals surface area contributed by atoms with Crippen molar-refractivity contribution in [1.29, 1.82) is 0 Å². The summed E-state index contributed by atoms with van der Waals surface area (Å²) in [6, 6.07) is 0. The van der Waals surface area contributed by atoms with Crippen molar-refractivity contribution in [2.75, 3.05) is 0 Å². The van der Waals surface area contributed by atoms with Crippen LogP contribution in [0.15, 0.2) is 0 Å². The molecule has 1 aromatic rings. The van der Waals surface area contributed by atoms with Gasteiger partial charge in [-0.3, -0.25) is 0 Å². The smallest absolute Gasteiger partial charge is 0.347 e. The molecule has 0 saturated heterocycles. The summed E-state index contributed by atoms with van der Waals surface area (Å²) in [5, 5.41) is 9.04. The van der Waals surface area contributed by atoms with Crippen molar-refractivity contribution in [3.63, 3.8) is 0 Å². The van der Waals surface area contributed by atoms with Crippen LogP contribution >= 0.6 is 11.5 Å². The van der Waals surface area contributed by atoms with Crippen LogP contribution in [0, 0.1) is 5.41 Å². The monoisotopic (exact) mass is 225 g/mol. The fraction of sp³-hybridized carbons (Fsp3) is 0.636. The number of carboxylic acid groups (broad SMARTS) is 1. The highest BCUT2D eigenvalue weighted by Crippen LogP contribution is 2.39. The molecule has 0 bridgehead atoms. The van der Waals surface area contributed by atoms with Crippen molar-refractivity contribution in [2.24, 2.45) is 5.41 Å². The first-order valence-electron chi connectivity index (χ1n) is 5.26. The maximum Gasteiger partial charge on any atom is 0.347 e. The van der Waals surface area contributed by atoms with E-state index in [1.54, 1.807) is 0 Å². The summed E-state index contributed by atoms with van der Waals surface area (Å²) in [7, 11) is 0. The molecule has 0 aliphatic heterocycles. The molecule has 4 heteroatoms. The highest BCUT2D eigenvalue weighted by Gasteiger charge is 2.33. The molecule has 15 heavy (non-hydrogen) atoms. The molecule has 2 rings (SSSR count). The number of aryl methyl sites for hydroxylation is 1. The summed E-state index contributed by atoms with van der Waals surface area (Å²) >= 11 is 1.14. The average Bonchev–Trinajstić information content (AvgIpc) is 2.60. The second-order valence-corrected chi connectivity index (χ2v) is 5.36. The SMILES string of the molecule is CCC1(C)CCc2nsc(C(=O)O)c2C1. The lowest BCUT2D eigenvalue weighted by Gasteiger charge is -2.32. The van der Waals surface area contributed by atoms with Crippen LogP contribution < -0.4 is 0 Å². The van der Waals surface area contributed by atoms with Crippen LogP contribution in [-0.4, -0.2) is 15.4 Å². The largest absolute Gasteiger partial charge is 0.477 e. The van der Waals surface area contributed by atoms with Gasteiger partial charge in [0.15, 0.2) is 0 Å². The van der Waals surface area contributed by atoms with Gasteiger partial charge in [-0.15, -0.1) is 0 Å². The second kappa shape index (κ2) is 3.59. The predicted octanol–water partition coefficient (Wildman–Crippen LogP) is 2.75. The molecule has 1 aliphatic rings. The van der Waals surface area contributed by atoms with E-state index in [-0.39, 0.29) is 5.41 Å². The number of hydrogen-bond acceptors (Lipinski definition) is 3. The zero-order chi connectivity index (χ0) is 11.1.